The molecule has 0 amide bonds. The molecule has 146 valence electrons. The summed E-state index contributed by atoms with van der Waals surface area (Å²) in [5.74, 6) is -1.53. The number of nitrogens with zero attached hydrogens (tertiary/aromatic N) is 2. The number of halogens is 2. The lowest BCUT2D eigenvalue weighted by atomic mass is 10.0. The molecule has 0 spiro atoms. The molecule has 4 nitrogen and oxygen atoms in total. The number of aromatic hydroxyl groups is 1. The molecule has 0 saturated carbocycles. The molecular weight excluding hydrogens is 362 g/mol. The molecule has 0 bridgehead atoms. The highest BCUT2D eigenvalue weighted by molar-refractivity contribution is 5.64. The van der Waals surface area contributed by atoms with Crippen LogP contribution in [0.1, 0.15) is 36.6 Å². The zero-order valence-corrected chi connectivity index (χ0v) is 16.0. The van der Waals surface area contributed by atoms with E-state index in [1.807, 2.05) is 13.8 Å². The number of aryl methyl sites for hydroxylation is 2. The van der Waals surface area contributed by atoms with E-state index in [9.17, 15) is 18.7 Å². The van der Waals surface area contributed by atoms with E-state index in [4.69, 9.17) is 0 Å². The van der Waals surface area contributed by atoms with Crippen molar-refractivity contribution in [3.05, 3.63) is 81.3 Å². The summed E-state index contributed by atoms with van der Waals surface area (Å²) < 4.78 is 28.8. The summed E-state index contributed by atoms with van der Waals surface area (Å²) in [5.41, 5.74) is 1.75. The van der Waals surface area contributed by atoms with Gasteiger partial charge in [-0.25, -0.2) is 13.8 Å². The minimum absolute atomic E-state index is 0.0458. The fraction of sp³-hybridized carbons (Fsp3) is 0.273. The zero-order valence-electron chi connectivity index (χ0n) is 16.0. The number of hydrogen-bond acceptors (Lipinski definition) is 3. The highest BCUT2D eigenvalue weighted by Gasteiger charge is 2.20. The van der Waals surface area contributed by atoms with E-state index < -0.39 is 11.6 Å². The van der Waals surface area contributed by atoms with Crippen molar-refractivity contribution < 1.29 is 13.9 Å². The number of aromatic nitrogens is 2. The van der Waals surface area contributed by atoms with Gasteiger partial charge in [-0.05, 0) is 49.1 Å². The Morgan fingerprint density at radius 3 is 2.54 bits per heavy atom. The molecular formula is C22H22F2N2O2. The normalized spacial score (nSPS) is 11.2. The lowest BCUT2D eigenvalue weighted by molar-refractivity contribution is 0.433. The second kappa shape index (κ2) is 7.92. The molecule has 0 aliphatic heterocycles. The van der Waals surface area contributed by atoms with Crippen LogP contribution in [0.5, 0.6) is 5.75 Å². The first-order valence-corrected chi connectivity index (χ1v) is 9.13. The minimum Gasteiger partial charge on any atom is -0.504 e. The molecule has 0 unspecified atom stereocenters. The fourth-order valence-electron chi connectivity index (χ4n) is 3.38. The third kappa shape index (κ3) is 3.81. The largest absolute Gasteiger partial charge is 0.504 e. The van der Waals surface area contributed by atoms with E-state index in [-0.39, 0.29) is 35.2 Å². The summed E-state index contributed by atoms with van der Waals surface area (Å²) >= 11 is 0. The molecule has 0 aliphatic carbocycles. The van der Waals surface area contributed by atoms with Crippen LogP contribution >= 0.6 is 0 Å². The monoisotopic (exact) mass is 384 g/mol. The van der Waals surface area contributed by atoms with Crippen molar-refractivity contribution in [3.8, 4) is 17.1 Å². The van der Waals surface area contributed by atoms with Crippen LogP contribution in [0, 0.1) is 18.6 Å². The lowest BCUT2D eigenvalue weighted by Gasteiger charge is -2.18. The van der Waals surface area contributed by atoms with Crippen LogP contribution in [0.15, 0.2) is 47.3 Å². The van der Waals surface area contributed by atoms with E-state index in [2.05, 4.69) is 4.98 Å². The molecule has 3 rings (SSSR count). The predicted molar refractivity (Wildman–Crippen MR) is 104 cm³/mol. The highest BCUT2D eigenvalue weighted by Crippen LogP contribution is 2.30. The van der Waals surface area contributed by atoms with E-state index in [1.165, 1.54) is 28.8 Å². The maximum absolute atomic E-state index is 13.9. The average Bonchev–Trinajstić information content (AvgIpc) is 2.62. The van der Waals surface area contributed by atoms with Crippen LogP contribution in [0.25, 0.3) is 11.4 Å². The van der Waals surface area contributed by atoms with Crippen molar-refractivity contribution in [1.82, 2.24) is 9.55 Å². The summed E-state index contributed by atoms with van der Waals surface area (Å²) in [4.78, 5) is 17.7. The van der Waals surface area contributed by atoms with Crippen LogP contribution in [0.4, 0.5) is 8.78 Å². The average molecular weight is 384 g/mol. The Hall–Kier alpha value is -3.02. The summed E-state index contributed by atoms with van der Waals surface area (Å²) in [6, 6.07) is 10.3. The van der Waals surface area contributed by atoms with Crippen LogP contribution < -0.4 is 5.56 Å². The lowest BCUT2D eigenvalue weighted by Crippen LogP contribution is -2.29. The first-order chi connectivity index (χ1) is 13.3. The molecule has 28 heavy (non-hydrogen) atoms. The Balaban J connectivity index is 2.16. The van der Waals surface area contributed by atoms with Gasteiger partial charge in [-0.2, -0.15) is 0 Å². The molecule has 1 heterocycles. The SMILES string of the molecule is Cc1nc(-c2cccc(F)c2O)n(CCc2cccc(F)c2)c(=O)c1C(C)C. The third-order valence-electron chi connectivity index (χ3n) is 4.71. The first kappa shape index (κ1) is 19.7. The van der Waals surface area contributed by atoms with Gasteiger partial charge in [0.05, 0.1) is 5.56 Å². The molecule has 2 aromatic carbocycles. The summed E-state index contributed by atoms with van der Waals surface area (Å²) in [6.07, 6.45) is 0.392. The number of benzene rings is 2. The van der Waals surface area contributed by atoms with Gasteiger partial charge in [0.25, 0.3) is 5.56 Å². The molecule has 0 fully saturated rings. The van der Waals surface area contributed by atoms with Crippen molar-refractivity contribution in [2.75, 3.05) is 0 Å². The van der Waals surface area contributed by atoms with Gasteiger partial charge in [0.2, 0.25) is 0 Å². The number of para-hydroxylation sites is 1. The fourth-order valence-corrected chi connectivity index (χ4v) is 3.38. The van der Waals surface area contributed by atoms with Gasteiger partial charge >= 0.3 is 0 Å². The Bertz CT molecular complexity index is 1070. The van der Waals surface area contributed by atoms with Gasteiger partial charge in [0, 0.05) is 17.8 Å². The molecule has 0 radical (unpaired) electrons. The van der Waals surface area contributed by atoms with Gasteiger partial charge in [0.15, 0.2) is 11.6 Å². The highest BCUT2D eigenvalue weighted by atomic mass is 19.1. The standard InChI is InChI=1S/C22H22F2N2O2/c1-13(2)19-14(3)25-21(17-8-5-9-18(24)20(17)27)26(22(19)28)11-10-15-6-4-7-16(23)12-15/h4-9,12-13,27H,10-11H2,1-3H3. The van der Waals surface area contributed by atoms with Crippen molar-refractivity contribution in [2.45, 2.75) is 39.7 Å². The summed E-state index contributed by atoms with van der Waals surface area (Å²) in [7, 11) is 0. The Kier molecular flexibility index (Phi) is 5.58. The van der Waals surface area contributed by atoms with Crippen molar-refractivity contribution in [1.29, 1.82) is 0 Å². The van der Waals surface area contributed by atoms with Crippen LogP contribution in [-0.4, -0.2) is 14.7 Å². The molecule has 0 aliphatic rings. The Morgan fingerprint density at radius 2 is 1.86 bits per heavy atom. The van der Waals surface area contributed by atoms with Crippen molar-refractivity contribution in [2.24, 2.45) is 0 Å². The molecule has 0 atom stereocenters. The smallest absolute Gasteiger partial charge is 0.257 e. The molecule has 1 aromatic heterocycles. The van der Waals surface area contributed by atoms with Gasteiger partial charge in [-0.15, -0.1) is 0 Å². The van der Waals surface area contributed by atoms with Gasteiger partial charge in [-0.1, -0.05) is 32.0 Å². The minimum atomic E-state index is -0.783. The Morgan fingerprint density at radius 1 is 1.14 bits per heavy atom. The van der Waals surface area contributed by atoms with Gasteiger partial charge in [0.1, 0.15) is 11.6 Å². The first-order valence-electron chi connectivity index (χ1n) is 9.13. The number of rotatable bonds is 5. The van der Waals surface area contributed by atoms with Crippen LogP contribution in [0.3, 0.4) is 0 Å². The van der Waals surface area contributed by atoms with Gasteiger partial charge in [-0.3, -0.25) is 9.36 Å². The number of phenols is 1. The van der Waals surface area contributed by atoms with Crippen molar-refractivity contribution in [3.63, 3.8) is 0 Å². The Labute approximate surface area is 162 Å². The molecule has 0 saturated heterocycles. The third-order valence-corrected chi connectivity index (χ3v) is 4.71. The van der Waals surface area contributed by atoms with Crippen LogP contribution in [-0.2, 0) is 13.0 Å². The predicted octanol–water partition coefficient (Wildman–Crippen LogP) is 4.57. The molecule has 3 aromatic rings. The second-order valence-electron chi connectivity index (χ2n) is 7.06. The zero-order chi connectivity index (χ0) is 20.4. The summed E-state index contributed by atoms with van der Waals surface area (Å²) in [5, 5.41) is 10.2. The van der Waals surface area contributed by atoms with E-state index >= 15 is 0 Å². The number of phenolic OH excluding ortho intramolecular Hbond substituents is 1. The quantitative estimate of drug-likeness (QED) is 0.701. The van der Waals surface area contributed by atoms with Gasteiger partial charge < -0.3 is 5.11 Å². The molecule has 6 heteroatoms. The van der Waals surface area contributed by atoms with Crippen molar-refractivity contribution >= 4 is 0 Å². The maximum Gasteiger partial charge on any atom is 0.257 e. The topological polar surface area (TPSA) is 55.1 Å². The van der Waals surface area contributed by atoms with E-state index in [0.29, 0.717) is 17.7 Å². The van der Waals surface area contributed by atoms with Crippen LogP contribution in [0.2, 0.25) is 0 Å². The molecule has 1 N–H and O–H groups in total. The van der Waals surface area contributed by atoms with E-state index in [1.54, 1.807) is 19.1 Å². The van der Waals surface area contributed by atoms with E-state index in [0.717, 1.165) is 11.6 Å². The maximum atomic E-state index is 13.9. The summed E-state index contributed by atoms with van der Waals surface area (Å²) in [6.45, 7) is 5.76. The number of hydrogen-bond donors (Lipinski definition) is 1. The second-order valence-corrected chi connectivity index (χ2v) is 7.06.